The van der Waals surface area contributed by atoms with Crippen molar-refractivity contribution in [2.75, 3.05) is 17.2 Å². The molecule has 0 fully saturated rings. The largest absolute Gasteiger partial charge is 0.492 e. The van der Waals surface area contributed by atoms with Crippen molar-refractivity contribution >= 4 is 34.8 Å². The van der Waals surface area contributed by atoms with E-state index in [1.807, 2.05) is 44.2 Å². The number of halogens is 1. The lowest BCUT2D eigenvalue weighted by Gasteiger charge is -2.11. The number of ether oxygens (including phenoxy) is 1. The van der Waals surface area contributed by atoms with Crippen LogP contribution in [0.5, 0.6) is 5.75 Å². The lowest BCUT2D eigenvalue weighted by Crippen LogP contribution is -2.14. The van der Waals surface area contributed by atoms with Crippen LogP contribution in [0.2, 0.25) is 5.02 Å². The first-order valence-electron chi connectivity index (χ1n) is 8.46. The quantitative estimate of drug-likeness (QED) is 0.638. The highest BCUT2D eigenvalue weighted by Gasteiger charge is 2.11. The smallest absolute Gasteiger partial charge is 0.258 e. The molecule has 3 rings (SSSR count). The maximum atomic E-state index is 12.5. The van der Waals surface area contributed by atoms with E-state index in [4.69, 9.17) is 16.3 Å². The average Bonchev–Trinajstić information content (AvgIpc) is 2.68. The Bertz CT molecular complexity index is 945. The molecular formula is C20H19ClN4O2. The van der Waals surface area contributed by atoms with Crippen LogP contribution in [0.1, 0.15) is 22.8 Å². The molecule has 0 saturated heterocycles. The number of hydrogen-bond acceptors (Lipinski definition) is 5. The Labute approximate surface area is 162 Å². The highest BCUT2D eigenvalue weighted by atomic mass is 35.5. The third-order valence-corrected chi connectivity index (χ3v) is 4.27. The molecule has 0 saturated carbocycles. The van der Waals surface area contributed by atoms with E-state index in [-0.39, 0.29) is 5.91 Å². The molecular weight excluding hydrogens is 364 g/mol. The lowest BCUT2D eigenvalue weighted by atomic mass is 10.2. The van der Waals surface area contributed by atoms with Crippen LogP contribution in [0.15, 0.2) is 54.9 Å². The third-order valence-electron chi connectivity index (χ3n) is 3.86. The number of rotatable bonds is 6. The zero-order chi connectivity index (χ0) is 19.2. The minimum Gasteiger partial charge on any atom is -0.492 e. The Balaban J connectivity index is 1.72. The molecule has 1 amide bonds. The summed E-state index contributed by atoms with van der Waals surface area (Å²) in [6.45, 7) is 4.31. The van der Waals surface area contributed by atoms with Gasteiger partial charge in [-0.2, -0.15) is 0 Å². The van der Waals surface area contributed by atoms with Gasteiger partial charge in [0.15, 0.2) is 0 Å². The summed E-state index contributed by atoms with van der Waals surface area (Å²) in [5.74, 6) is 0.684. The van der Waals surface area contributed by atoms with Crippen LogP contribution in [0.3, 0.4) is 0 Å². The second-order valence-electron chi connectivity index (χ2n) is 5.72. The summed E-state index contributed by atoms with van der Waals surface area (Å²) in [6, 6.07) is 12.8. The van der Waals surface area contributed by atoms with Gasteiger partial charge in [0, 0.05) is 23.1 Å². The number of aromatic nitrogens is 2. The molecule has 2 aromatic carbocycles. The molecule has 0 aliphatic rings. The van der Waals surface area contributed by atoms with Gasteiger partial charge in [0.25, 0.3) is 5.91 Å². The van der Waals surface area contributed by atoms with Crippen LogP contribution in [-0.2, 0) is 0 Å². The molecule has 27 heavy (non-hydrogen) atoms. The van der Waals surface area contributed by atoms with E-state index in [9.17, 15) is 4.79 Å². The summed E-state index contributed by atoms with van der Waals surface area (Å²) in [4.78, 5) is 20.9. The summed E-state index contributed by atoms with van der Waals surface area (Å²) in [6.07, 6.45) is 2.93. The Hall–Kier alpha value is -3.12. The van der Waals surface area contributed by atoms with Crippen molar-refractivity contribution in [3.8, 4) is 5.75 Å². The predicted octanol–water partition coefficient (Wildman–Crippen LogP) is 4.83. The van der Waals surface area contributed by atoms with Gasteiger partial charge < -0.3 is 15.4 Å². The predicted molar refractivity (Wildman–Crippen MR) is 107 cm³/mol. The fourth-order valence-electron chi connectivity index (χ4n) is 2.42. The van der Waals surface area contributed by atoms with Crippen LogP contribution in [0.25, 0.3) is 0 Å². The Morgan fingerprint density at radius 2 is 1.78 bits per heavy atom. The normalized spacial score (nSPS) is 10.3. The standard InChI is InChI=1S/C20H19ClN4O2/c1-3-27-18-10-5-4-8-17(18)24-19(26)14-11-22-20(23-12-14)25-16-9-6-7-15(21)13(16)2/h4-12H,3H2,1-2H3,(H,24,26)(H,22,23,25). The van der Waals surface area contributed by atoms with Crippen LogP contribution in [0.4, 0.5) is 17.3 Å². The van der Waals surface area contributed by atoms with Gasteiger partial charge in [0.05, 0.1) is 17.9 Å². The van der Waals surface area contributed by atoms with Crippen molar-refractivity contribution in [3.63, 3.8) is 0 Å². The molecule has 3 aromatic rings. The second kappa shape index (κ2) is 8.51. The molecule has 1 heterocycles. The second-order valence-corrected chi connectivity index (χ2v) is 6.12. The number of nitrogens with one attached hydrogen (secondary N) is 2. The van der Waals surface area contributed by atoms with Crippen LogP contribution < -0.4 is 15.4 Å². The van der Waals surface area contributed by atoms with Crippen molar-refractivity contribution in [3.05, 3.63) is 71.0 Å². The van der Waals surface area contributed by atoms with E-state index < -0.39 is 0 Å². The monoisotopic (exact) mass is 382 g/mol. The van der Waals surface area contributed by atoms with Gasteiger partial charge in [-0.3, -0.25) is 4.79 Å². The summed E-state index contributed by atoms with van der Waals surface area (Å²) in [5, 5.41) is 6.57. The number of nitrogens with zero attached hydrogens (tertiary/aromatic N) is 2. The number of anilines is 3. The topological polar surface area (TPSA) is 76.1 Å². The van der Waals surface area contributed by atoms with E-state index in [0.29, 0.717) is 34.6 Å². The van der Waals surface area contributed by atoms with Gasteiger partial charge in [0.2, 0.25) is 5.95 Å². The summed E-state index contributed by atoms with van der Waals surface area (Å²) in [7, 11) is 0. The van der Waals surface area contributed by atoms with Gasteiger partial charge in [-0.05, 0) is 43.7 Å². The molecule has 0 radical (unpaired) electrons. The molecule has 0 unspecified atom stereocenters. The molecule has 1 aromatic heterocycles. The van der Waals surface area contributed by atoms with E-state index in [2.05, 4.69) is 20.6 Å². The lowest BCUT2D eigenvalue weighted by molar-refractivity contribution is 0.102. The summed E-state index contributed by atoms with van der Waals surface area (Å²) >= 11 is 6.12. The average molecular weight is 383 g/mol. The molecule has 138 valence electrons. The van der Waals surface area contributed by atoms with E-state index in [0.717, 1.165) is 11.3 Å². The fraction of sp³-hybridized carbons (Fsp3) is 0.150. The van der Waals surface area contributed by atoms with Crippen molar-refractivity contribution in [2.24, 2.45) is 0 Å². The molecule has 6 nitrogen and oxygen atoms in total. The third kappa shape index (κ3) is 4.54. The van der Waals surface area contributed by atoms with Gasteiger partial charge in [-0.25, -0.2) is 9.97 Å². The minimum atomic E-state index is -0.312. The first-order chi connectivity index (χ1) is 13.1. The summed E-state index contributed by atoms with van der Waals surface area (Å²) in [5.41, 5.74) is 2.65. The number of hydrogen-bond donors (Lipinski definition) is 2. The van der Waals surface area contributed by atoms with Gasteiger partial charge in [0.1, 0.15) is 5.75 Å². The Kier molecular flexibility index (Phi) is 5.88. The molecule has 0 atom stereocenters. The number of carbonyl (C=O) groups is 1. The number of amides is 1. The van der Waals surface area contributed by atoms with Gasteiger partial charge in [-0.1, -0.05) is 29.8 Å². The van der Waals surface area contributed by atoms with Crippen molar-refractivity contribution in [2.45, 2.75) is 13.8 Å². The highest BCUT2D eigenvalue weighted by molar-refractivity contribution is 6.31. The van der Waals surface area contributed by atoms with Gasteiger partial charge in [-0.15, -0.1) is 0 Å². The molecule has 0 aliphatic carbocycles. The zero-order valence-electron chi connectivity index (χ0n) is 15.0. The maximum absolute atomic E-state index is 12.5. The van der Waals surface area contributed by atoms with Crippen LogP contribution >= 0.6 is 11.6 Å². The van der Waals surface area contributed by atoms with Crippen molar-refractivity contribution in [1.82, 2.24) is 9.97 Å². The maximum Gasteiger partial charge on any atom is 0.258 e. The first kappa shape index (κ1) is 18.7. The SMILES string of the molecule is CCOc1ccccc1NC(=O)c1cnc(Nc2cccc(Cl)c2C)nc1. The van der Waals surface area contributed by atoms with E-state index in [1.165, 1.54) is 12.4 Å². The minimum absolute atomic E-state index is 0.312. The first-order valence-corrected chi connectivity index (χ1v) is 8.83. The van der Waals surface area contributed by atoms with Gasteiger partial charge >= 0.3 is 0 Å². The van der Waals surface area contributed by atoms with Crippen molar-refractivity contribution in [1.29, 1.82) is 0 Å². The molecule has 7 heteroatoms. The molecule has 2 N–H and O–H groups in total. The highest BCUT2D eigenvalue weighted by Crippen LogP contribution is 2.26. The number of para-hydroxylation sites is 2. The number of carbonyl (C=O) groups excluding carboxylic acids is 1. The molecule has 0 bridgehead atoms. The Morgan fingerprint density at radius 3 is 2.52 bits per heavy atom. The van der Waals surface area contributed by atoms with Crippen molar-refractivity contribution < 1.29 is 9.53 Å². The fourth-order valence-corrected chi connectivity index (χ4v) is 2.59. The van der Waals surface area contributed by atoms with Crippen LogP contribution in [0, 0.1) is 6.92 Å². The zero-order valence-corrected chi connectivity index (χ0v) is 15.7. The van der Waals surface area contributed by atoms with E-state index in [1.54, 1.807) is 12.1 Å². The Morgan fingerprint density at radius 1 is 1.07 bits per heavy atom. The summed E-state index contributed by atoms with van der Waals surface area (Å²) < 4.78 is 5.51. The molecule has 0 aliphatic heterocycles. The van der Waals surface area contributed by atoms with Crippen LogP contribution in [-0.4, -0.2) is 22.5 Å². The number of benzene rings is 2. The molecule has 0 spiro atoms. The van der Waals surface area contributed by atoms with E-state index >= 15 is 0 Å².